The Bertz CT molecular complexity index is 149. The minimum Gasteiger partial charge on any atom is -0.393 e. The predicted octanol–water partition coefficient (Wildman–Crippen LogP) is 3.12. The third-order valence-electron chi connectivity index (χ3n) is 3.90. The molecule has 2 atom stereocenters. The quantitative estimate of drug-likeness (QED) is 0.695. The summed E-state index contributed by atoms with van der Waals surface area (Å²) in [5.41, 5.74) is 0. The van der Waals surface area contributed by atoms with Gasteiger partial charge in [-0.3, -0.25) is 0 Å². The fraction of sp³-hybridized carbons (Fsp3) is 1.00. The minimum atomic E-state index is 0.0279. The highest BCUT2D eigenvalue weighted by atomic mass is 16.3. The lowest BCUT2D eigenvalue weighted by Gasteiger charge is -2.27. The molecule has 76 valence electrons. The van der Waals surface area contributed by atoms with E-state index in [1.807, 2.05) is 0 Å². The van der Waals surface area contributed by atoms with E-state index >= 15 is 0 Å². The van der Waals surface area contributed by atoms with Crippen molar-refractivity contribution in [2.45, 2.75) is 63.9 Å². The third kappa shape index (κ3) is 2.70. The average molecular weight is 182 g/mol. The van der Waals surface area contributed by atoms with E-state index < -0.39 is 0 Å². The first kappa shape index (κ1) is 9.51. The second-order valence-electron chi connectivity index (χ2n) is 5.07. The van der Waals surface area contributed by atoms with E-state index in [-0.39, 0.29) is 6.10 Å². The molecule has 1 nitrogen and oxygen atoms in total. The summed E-state index contributed by atoms with van der Waals surface area (Å²) in [5, 5.41) is 9.55. The number of aliphatic hydroxyl groups is 1. The molecule has 13 heavy (non-hydrogen) atoms. The van der Waals surface area contributed by atoms with Crippen molar-refractivity contribution in [3.63, 3.8) is 0 Å². The molecule has 0 amide bonds. The van der Waals surface area contributed by atoms with E-state index in [1.54, 1.807) is 0 Å². The molecule has 1 heteroatoms. The normalized spacial score (nSPS) is 36.7. The summed E-state index contributed by atoms with van der Waals surface area (Å²) < 4.78 is 0. The fourth-order valence-electron chi connectivity index (χ4n) is 3.19. The zero-order valence-corrected chi connectivity index (χ0v) is 8.54. The van der Waals surface area contributed by atoms with Crippen molar-refractivity contribution in [3.05, 3.63) is 0 Å². The second-order valence-corrected chi connectivity index (χ2v) is 5.07. The fourth-order valence-corrected chi connectivity index (χ4v) is 3.19. The lowest BCUT2D eigenvalue weighted by molar-refractivity contribution is 0.0925. The number of hydrogen-bond donors (Lipinski definition) is 1. The Morgan fingerprint density at radius 3 is 2.23 bits per heavy atom. The van der Waals surface area contributed by atoms with Crippen molar-refractivity contribution in [2.24, 2.45) is 11.8 Å². The van der Waals surface area contributed by atoms with Gasteiger partial charge < -0.3 is 5.11 Å². The number of hydrogen-bond acceptors (Lipinski definition) is 1. The molecule has 2 rings (SSSR count). The Morgan fingerprint density at radius 2 is 1.54 bits per heavy atom. The maximum absolute atomic E-state index is 9.55. The summed E-state index contributed by atoms with van der Waals surface area (Å²) >= 11 is 0. The zero-order chi connectivity index (χ0) is 9.10. The van der Waals surface area contributed by atoms with Crippen LogP contribution in [0.2, 0.25) is 0 Å². The standard InChI is InChI=1S/C12H22O/c13-12-7-3-6-11(9-12)8-10-4-1-2-5-10/h10-13H,1-9H2. The van der Waals surface area contributed by atoms with Gasteiger partial charge in [-0.1, -0.05) is 38.5 Å². The first-order chi connectivity index (χ1) is 6.34. The molecule has 0 aromatic carbocycles. The molecule has 1 N–H and O–H groups in total. The van der Waals surface area contributed by atoms with Crippen molar-refractivity contribution in [2.75, 3.05) is 0 Å². The monoisotopic (exact) mass is 182 g/mol. The molecular formula is C12H22O. The third-order valence-corrected chi connectivity index (χ3v) is 3.90. The molecule has 2 saturated carbocycles. The van der Waals surface area contributed by atoms with E-state index in [0.29, 0.717) is 0 Å². The van der Waals surface area contributed by atoms with Crippen LogP contribution < -0.4 is 0 Å². The van der Waals surface area contributed by atoms with Crippen molar-refractivity contribution in [3.8, 4) is 0 Å². The predicted molar refractivity (Wildman–Crippen MR) is 54.5 cm³/mol. The Kier molecular flexibility index (Phi) is 3.26. The van der Waals surface area contributed by atoms with Gasteiger partial charge in [-0.05, 0) is 31.1 Å². The van der Waals surface area contributed by atoms with Gasteiger partial charge in [-0.25, -0.2) is 0 Å². The van der Waals surface area contributed by atoms with Crippen LogP contribution in [0.25, 0.3) is 0 Å². The summed E-state index contributed by atoms with van der Waals surface area (Å²) in [6.45, 7) is 0. The zero-order valence-electron chi connectivity index (χ0n) is 8.54. The van der Waals surface area contributed by atoms with Crippen molar-refractivity contribution >= 4 is 0 Å². The van der Waals surface area contributed by atoms with Crippen molar-refractivity contribution in [1.82, 2.24) is 0 Å². The highest BCUT2D eigenvalue weighted by molar-refractivity contribution is 4.77. The summed E-state index contributed by atoms with van der Waals surface area (Å²) in [6, 6.07) is 0. The van der Waals surface area contributed by atoms with E-state index in [4.69, 9.17) is 0 Å². The SMILES string of the molecule is OC1CCCC(CC2CCCC2)C1. The summed E-state index contributed by atoms with van der Waals surface area (Å²) in [6.07, 6.45) is 12.1. The van der Waals surface area contributed by atoms with Crippen LogP contribution in [-0.2, 0) is 0 Å². The first-order valence-electron chi connectivity index (χ1n) is 6.02. The molecular weight excluding hydrogens is 160 g/mol. The molecule has 0 radical (unpaired) electrons. The second kappa shape index (κ2) is 4.45. The van der Waals surface area contributed by atoms with Gasteiger partial charge in [-0.15, -0.1) is 0 Å². The van der Waals surface area contributed by atoms with E-state index in [9.17, 15) is 5.11 Å². The van der Waals surface area contributed by atoms with E-state index in [2.05, 4.69) is 0 Å². The molecule has 2 aliphatic carbocycles. The van der Waals surface area contributed by atoms with Crippen LogP contribution in [0.4, 0.5) is 0 Å². The topological polar surface area (TPSA) is 20.2 Å². The van der Waals surface area contributed by atoms with Crippen LogP contribution in [0, 0.1) is 11.8 Å². The number of rotatable bonds is 2. The molecule has 2 aliphatic rings. The Hall–Kier alpha value is -0.0400. The van der Waals surface area contributed by atoms with Crippen LogP contribution in [0.15, 0.2) is 0 Å². The maximum atomic E-state index is 9.55. The van der Waals surface area contributed by atoms with Crippen LogP contribution in [0.1, 0.15) is 57.8 Å². The van der Waals surface area contributed by atoms with Crippen LogP contribution in [-0.4, -0.2) is 11.2 Å². The molecule has 0 aliphatic heterocycles. The molecule has 0 spiro atoms. The molecule has 0 bridgehead atoms. The largest absolute Gasteiger partial charge is 0.393 e. The number of aliphatic hydroxyl groups excluding tert-OH is 1. The van der Waals surface area contributed by atoms with Gasteiger partial charge in [0.2, 0.25) is 0 Å². The molecule has 0 heterocycles. The lowest BCUT2D eigenvalue weighted by Crippen LogP contribution is -2.21. The first-order valence-corrected chi connectivity index (χ1v) is 6.02. The van der Waals surface area contributed by atoms with Crippen LogP contribution >= 0.6 is 0 Å². The summed E-state index contributed by atoms with van der Waals surface area (Å²) in [4.78, 5) is 0. The van der Waals surface area contributed by atoms with Gasteiger partial charge in [0.15, 0.2) is 0 Å². The summed E-state index contributed by atoms with van der Waals surface area (Å²) in [7, 11) is 0. The smallest absolute Gasteiger partial charge is 0.0542 e. The Labute approximate surface area is 81.5 Å². The molecule has 2 fully saturated rings. The maximum Gasteiger partial charge on any atom is 0.0542 e. The Morgan fingerprint density at radius 1 is 0.846 bits per heavy atom. The molecule has 0 aromatic heterocycles. The van der Waals surface area contributed by atoms with Gasteiger partial charge in [0, 0.05) is 0 Å². The summed E-state index contributed by atoms with van der Waals surface area (Å²) in [5.74, 6) is 1.86. The Balaban J connectivity index is 1.73. The van der Waals surface area contributed by atoms with E-state index in [0.717, 1.165) is 24.7 Å². The van der Waals surface area contributed by atoms with Gasteiger partial charge in [-0.2, -0.15) is 0 Å². The highest BCUT2D eigenvalue weighted by Gasteiger charge is 2.24. The molecule has 0 aromatic rings. The van der Waals surface area contributed by atoms with Crippen LogP contribution in [0.5, 0.6) is 0 Å². The highest BCUT2D eigenvalue weighted by Crippen LogP contribution is 2.35. The average Bonchev–Trinajstić information content (AvgIpc) is 2.57. The molecule has 2 unspecified atom stereocenters. The van der Waals surface area contributed by atoms with Gasteiger partial charge in [0.05, 0.1) is 6.10 Å². The molecule has 0 saturated heterocycles. The minimum absolute atomic E-state index is 0.0279. The lowest BCUT2D eigenvalue weighted by atomic mass is 9.81. The van der Waals surface area contributed by atoms with Crippen LogP contribution in [0.3, 0.4) is 0 Å². The van der Waals surface area contributed by atoms with Gasteiger partial charge in [0.1, 0.15) is 0 Å². The van der Waals surface area contributed by atoms with Gasteiger partial charge >= 0.3 is 0 Å². The van der Waals surface area contributed by atoms with Crippen molar-refractivity contribution < 1.29 is 5.11 Å². The van der Waals surface area contributed by atoms with Gasteiger partial charge in [0.25, 0.3) is 0 Å². The van der Waals surface area contributed by atoms with Crippen molar-refractivity contribution in [1.29, 1.82) is 0 Å². The van der Waals surface area contributed by atoms with E-state index in [1.165, 1.54) is 44.9 Å².